The predicted molar refractivity (Wildman–Crippen MR) is 135 cm³/mol. The molecule has 0 fully saturated rings. The second-order valence-corrected chi connectivity index (χ2v) is 9.65. The molecule has 2 N–H and O–H groups in total. The first-order chi connectivity index (χ1) is 15.9. The summed E-state index contributed by atoms with van der Waals surface area (Å²) in [5.74, 6) is -1.27. The summed E-state index contributed by atoms with van der Waals surface area (Å²) in [6.45, 7) is 1.56. The minimum Gasteiger partial charge on any atom is -0.342 e. The SMILES string of the molecule is CC(Cc1cc2ccccc2s1)(C(=O)Nc1ccccc1Cl)C(=O)ONc1ccccc1Cl. The number of carbonyl (C=O) groups is 2. The Labute approximate surface area is 205 Å². The van der Waals surface area contributed by atoms with E-state index in [1.165, 1.54) is 11.3 Å². The fourth-order valence-corrected chi connectivity index (χ4v) is 4.88. The Balaban J connectivity index is 1.62. The van der Waals surface area contributed by atoms with Gasteiger partial charge < -0.3 is 10.2 Å². The number of fused-ring (bicyclic) bond motifs is 1. The Morgan fingerprint density at radius 2 is 1.52 bits per heavy atom. The van der Waals surface area contributed by atoms with Crippen molar-refractivity contribution in [1.29, 1.82) is 0 Å². The van der Waals surface area contributed by atoms with Gasteiger partial charge in [0.1, 0.15) is 0 Å². The molecule has 0 aliphatic carbocycles. The topological polar surface area (TPSA) is 67.4 Å². The fourth-order valence-electron chi connectivity index (χ4n) is 3.30. The lowest BCUT2D eigenvalue weighted by atomic mass is 9.85. The molecule has 0 aliphatic heterocycles. The molecule has 168 valence electrons. The van der Waals surface area contributed by atoms with Gasteiger partial charge in [-0.1, -0.05) is 65.7 Å². The number of para-hydroxylation sites is 2. The number of thiophene rings is 1. The second kappa shape index (κ2) is 9.83. The van der Waals surface area contributed by atoms with Crippen molar-refractivity contribution < 1.29 is 14.4 Å². The van der Waals surface area contributed by atoms with E-state index in [1.54, 1.807) is 55.5 Å². The predicted octanol–water partition coefficient (Wildman–Crippen LogP) is 6.97. The second-order valence-electron chi connectivity index (χ2n) is 7.66. The van der Waals surface area contributed by atoms with Gasteiger partial charge in [0.15, 0.2) is 5.41 Å². The number of hydrogen-bond donors (Lipinski definition) is 2. The Bertz CT molecular complexity index is 1290. The van der Waals surface area contributed by atoms with Gasteiger partial charge in [0.05, 0.1) is 21.4 Å². The highest BCUT2D eigenvalue weighted by Gasteiger charge is 2.44. The van der Waals surface area contributed by atoms with Crippen LogP contribution in [-0.4, -0.2) is 11.9 Å². The van der Waals surface area contributed by atoms with Crippen LogP contribution < -0.4 is 10.8 Å². The smallest absolute Gasteiger partial charge is 0.342 e. The Hall–Kier alpha value is -3.06. The molecule has 3 aromatic carbocycles. The maximum atomic E-state index is 13.4. The molecule has 0 saturated heterocycles. The van der Waals surface area contributed by atoms with Crippen molar-refractivity contribution in [3.8, 4) is 0 Å². The van der Waals surface area contributed by atoms with Crippen molar-refractivity contribution >= 4 is 67.9 Å². The zero-order valence-electron chi connectivity index (χ0n) is 17.6. The maximum Gasteiger partial charge on any atom is 0.347 e. The van der Waals surface area contributed by atoms with Crippen molar-refractivity contribution in [2.75, 3.05) is 10.8 Å². The highest BCUT2D eigenvalue weighted by Crippen LogP contribution is 2.34. The Morgan fingerprint density at radius 1 is 0.909 bits per heavy atom. The van der Waals surface area contributed by atoms with Gasteiger partial charge >= 0.3 is 5.97 Å². The molecule has 4 aromatic rings. The van der Waals surface area contributed by atoms with E-state index < -0.39 is 17.3 Å². The molecular formula is C25H20Cl2N2O3S. The first-order valence-corrected chi connectivity index (χ1v) is 11.7. The van der Waals surface area contributed by atoms with Gasteiger partial charge in [-0.15, -0.1) is 11.3 Å². The van der Waals surface area contributed by atoms with E-state index >= 15 is 0 Å². The van der Waals surface area contributed by atoms with E-state index in [1.807, 2.05) is 30.3 Å². The molecule has 1 heterocycles. The third-order valence-electron chi connectivity index (χ3n) is 5.21. The summed E-state index contributed by atoms with van der Waals surface area (Å²) < 4.78 is 1.07. The summed E-state index contributed by atoms with van der Waals surface area (Å²) >= 11 is 13.9. The molecule has 0 bridgehead atoms. The highest BCUT2D eigenvalue weighted by molar-refractivity contribution is 7.19. The molecule has 8 heteroatoms. The van der Waals surface area contributed by atoms with Crippen LogP contribution in [0, 0.1) is 5.41 Å². The first-order valence-electron chi connectivity index (χ1n) is 10.1. The van der Waals surface area contributed by atoms with E-state index in [4.69, 9.17) is 28.0 Å². The van der Waals surface area contributed by atoms with Crippen molar-refractivity contribution in [1.82, 2.24) is 0 Å². The summed E-state index contributed by atoms with van der Waals surface area (Å²) in [7, 11) is 0. The monoisotopic (exact) mass is 498 g/mol. The van der Waals surface area contributed by atoms with Crippen LogP contribution in [0.5, 0.6) is 0 Å². The van der Waals surface area contributed by atoms with Crippen LogP contribution in [0.4, 0.5) is 11.4 Å². The molecular weight excluding hydrogens is 479 g/mol. The van der Waals surface area contributed by atoms with Gasteiger partial charge in [-0.25, -0.2) is 10.3 Å². The normalized spacial score (nSPS) is 12.7. The lowest BCUT2D eigenvalue weighted by Crippen LogP contribution is -2.44. The molecule has 0 aliphatic rings. The van der Waals surface area contributed by atoms with Crippen LogP contribution in [0.1, 0.15) is 11.8 Å². The van der Waals surface area contributed by atoms with Crippen molar-refractivity contribution in [3.05, 3.63) is 93.8 Å². The maximum absolute atomic E-state index is 13.4. The zero-order valence-corrected chi connectivity index (χ0v) is 19.9. The van der Waals surface area contributed by atoms with Gasteiger partial charge in [0.2, 0.25) is 5.91 Å². The van der Waals surface area contributed by atoms with E-state index in [-0.39, 0.29) is 6.42 Å². The lowest BCUT2D eigenvalue weighted by molar-refractivity contribution is -0.155. The van der Waals surface area contributed by atoms with E-state index in [0.717, 1.165) is 15.0 Å². The average molecular weight is 499 g/mol. The number of amides is 1. The number of hydrogen-bond acceptors (Lipinski definition) is 5. The molecule has 0 radical (unpaired) electrons. The third kappa shape index (κ3) is 5.14. The molecule has 1 amide bonds. The van der Waals surface area contributed by atoms with Crippen molar-refractivity contribution in [3.63, 3.8) is 0 Å². The molecule has 1 atom stereocenters. The van der Waals surface area contributed by atoms with Crippen LogP contribution in [0.15, 0.2) is 78.9 Å². The standard InChI is InChI=1S/C25H20Cl2N2O3S/c1-25(23(30)28-20-11-5-3-9-18(20)26,15-17-14-16-8-2-7-13-22(16)33-17)24(31)32-29-21-12-6-4-10-19(21)27/h2-14,29H,15H2,1H3,(H,28,30). The molecule has 0 spiro atoms. The van der Waals surface area contributed by atoms with E-state index in [9.17, 15) is 9.59 Å². The van der Waals surface area contributed by atoms with Gasteiger partial charge in [0, 0.05) is 16.0 Å². The lowest BCUT2D eigenvalue weighted by Gasteiger charge is -2.26. The fraction of sp³-hybridized carbons (Fsp3) is 0.120. The van der Waals surface area contributed by atoms with Crippen LogP contribution in [0.2, 0.25) is 10.0 Å². The number of anilines is 2. The minimum absolute atomic E-state index is 0.145. The number of carbonyl (C=O) groups excluding carboxylic acids is 2. The number of halogens is 2. The Kier molecular flexibility index (Phi) is 6.88. The zero-order chi connectivity index (χ0) is 23.4. The van der Waals surface area contributed by atoms with Crippen LogP contribution >= 0.6 is 34.5 Å². The van der Waals surface area contributed by atoms with Gasteiger partial charge in [-0.2, -0.15) is 0 Å². The highest BCUT2D eigenvalue weighted by atomic mass is 35.5. The van der Waals surface area contributed by atoms with Crippen molar-refractivity contribution in [2.24, 2.45) is 5.41 Å². The molecule has 1 unspecified atom stereocenters. The number of rotatable bonds is 7. The summed E-state index contributed by atoms with van der Waals surface area (Å²) in [5.41, 5.74) is 1.86. The number of nitrogens with one attached hydrogen (secondary N) is 2. The quantitative estimate of drug-likeness (QED) is 0.213. The van der Waals surface area contributed by atoms with E-state index in [0.29, 0.717) is 21.4 Å². The summed E-state index contributed by atoms with van der Waals surface area (Å²) in [6, 6.07) is 23.6. The number of benzene rings is 3. The van der Waals surface area contributed by atoms with Crippen LogP contribution in [0.3, 0.4) is 0 Å². The average Bonchev–Trinajstić information content (AvgIpc) is 3.21. The van der Waals surface area contributed by atoms with Crippen LogP contribution in [0.25, 0.3) is 10.1 Å². The van der Waals surface area contributed by atoms with Crippen molar-refractivity contribution in [2.45, 2.75) is 13.3 Å². The molecule has 4 rings (SSSR count). The first kappa shape index (κ1) is 23.1. The molecule has 5 nitrogen and oxygen atoms in total. The van der Waals surface area contributed by atoms with Crippen LogP contribution in [-0.2, 0) is 20.8 Å². The molecule has 33 heavy (non-hydrogen) atoms. The summed E-state index contributed by atoms with van der Waals surface area (Å²) in [4.78, 5) is 32.9. The molecule has 0 saturated carbocycles. The van der Waals surface area contributed by atoms with Gasteiger partial charge in [-0.05, 0) is 48.7 Å². The largest absolute Gasteiger partial charge is 0.347 e. The van der Waals surface area contributed by atoms with Gasteiger partial charge in [0.25, 0.3) is 0 Å². The van der Waals surface area contributed by atoms with Gasteiger partial charge in [-0.3, -0.25) is 4.79 Å². The minimum atomic E-state index is -1.55. The molecule has 1 aromatic heterocycles. The summed E-state index contributed by atoms with van der Waals surface area (Å²) in [5, 5.41) is 4.58. The third-order valence-corrected chi connectivity index (χ3v) is 6.98. The van der Waals surface area contributed by atoms with E-state index in [2.05, 4.69) is 10.8 Å². The summed E-state index contributed by atoms with van der Waals surface area (Å²) in [6.07, 6.45) is 0.145. The Morgan fingerprint density at radius 3 is 2.18 bits per heavy atom.